The molecule has 3 heteroatoms. The quantitative estimate of drug-likeness (QED) is 0.848. The molecule has 3 nitrogen and oxygen atoms in total. The summed E-state index contributed by atoms with van der Waals surface area (Å²) in [6.45, 7) is 9.27. The second-order valence-electron chi connectivity index (χ2n) is 7.12. The lowest BCUT2D eigenvalue weighted by atomic mass is 9.79. The highest BCUT2D eigenvalue weighted by Crippen LogP contribution is 2.29. The van der Waals surface area contributed by atoms with Gasteiger partial charge in [-0.2, -0.15) is 0 Å². The number of nitrogens with zero attached hydrogens (tertiary/aromatic N) is 1. The Morgan fingerprint density at radius 2 is 2.05 bits per heavy atom. The summed E-state index contributed by atoms with van der Waals surface area (Å²) in [5.41, 5.74) is 0. The number of hydrogen-bond donors (Lipinski definition) is 1. The summed E-state index contributed by atoms with van der Waals surface area (Å²) < 4.78 is 6.03. The third-order valence-electron chi connectivity index (χ3n) is 5.69. The van der Waals surface area contributed by atoms with Crippen LogP contribution in [0.4, 0.5) is 0 Å². The Morgan fingerprint density at radius 1 is 1.16 bits per heavy atom. The minimum absolute atomic E-state index is 0.420. The van der Waals surface area contributed by atoms with Gasteiger partial charge in [-0.1, -0.05) is 13.8 Å². The lowest BCUT2D eigenvalue weighted by Gasteiger charge is -2.37. The molecule has 3 rings (SSSR count). The molecule has 3 fully saturated rings. The highest BCUT2D eigenvalue weighted by molar-refractivity contribution is 4.87. The van der Waals surface area contributed by atoms with E-state index in [4.69, 9.17) is 4.74 Å². The first-order valence-electron chi connectivity index (χ1n) is 8.31. The van der Waals surface area contributed by atoms with E-state index in [2.05, 4.69) is 24.1 Å². The van der Waals surface area contributed by atoms with Crippen LogP contribution < -0.4 is 5.32 Å². The van der Waals surface area contributed by atoms with Crippen LogP contribution in [-0.2, 0) is 4.74 Å². The van der Waals surface area contributed by atoms with E-state index in [0.717, 1.165) is 43.6 Å². The molecule has 0 aromatic carbocycles. The molecule has 1 N–H and O–H groups in total. The van der Waals surface area contributed by atoms with Gasteiger partial charge < -0.3 is 10.1 Å². The lowest BCUT2D eigenvalue weighted by molar-refractivity contribution is -0.0485. The molecule has 110 valence electrons. The van der Waals surface area contributed by atoms with E-state index in [1.54, 1.807) is 0 Å². The van der Waals surface area contributed by atoms with Gasteiger partial charge in [-0.3, -0.25) is 4.90 Å². The van der Waals surface area contributed by atoms with Crippen molar-refractivity contribution in [2.45, 2.75) is 64.1 Å². The Bertz CT molecular complexity index is 296. The van der Waals surface area contributed by atoms with E-state index in [1.165, 1.54) is 38.6 Å². The molecule has 0 aromatic heterocycles. The van der Waals surface area contributed by atoms with Crippen LogP contribution in [0.25, 0.3) is 0 Å². The van der Waals surface area contributed by atoms with Crippen molar-refractivity contribution in [3.63, 3.8) is 0 Å². The van der Waals surface area contributed by atoms with Crippen LogP contribution in [0.5, 0.6) is 0 Å². The Kier molecular flexibility index (Phi) is 4.45. The van der Waals surface area contributed by atoms with Crippen LogP contribution >= 0.6 is 0 Å². The van der Waals surface area contributed by atoms with E-state index >= 15 is 0 Å². The van der Waals surface area contributed by atoms with Gasteiger partial charge in [0.25, 0.3) is 0 Å². The standard InChI is InChI=1S/C16H30N2O/c1-12-5-6-14(8-13(12)2)17-9-16-10-18-7-3-4-15(18)11-19-16/h12-17H,3-11H2,1-2H3. The molecular weight excluding hydrogens is 236 g/mol. The highest BCUT2D eigenvalue weighted by atomic mass is 16.5. The van der Waals surface area contributed by atoms with Crippen LogP contribution in [0.2, 0.25) is 0 Å². The van der Waals surface area contributed by atoms with Crippen LogP contribution in [0, 0.1) is 11.8 Å². The SMILES string of the molecule is CC1CCC(NCC2CN3CCCC3CO2)CC1C. The fourth-order valence-corrected chi connectivity index (χ4v) is 4.04. The van der Waals surface area contributed by atoms with Gasteiger partial charge in [0.15, 0.2) is 0 Å². The van der Waals surface area contributed by atoms with Gasteiger partial charge in [-0.05, 0) is 50.5 Å². The molecule has 5 unspecified atom stereocenters. The number of rotatable bonds is 3. The lowest BCUT2D eigenvalue weighted by Crippen LogP contribution is -2.51. The molecule has 5 atom stereocenters. The average Bonchev–Trinajstić information content (AvgIpc) is 2.87. The zero-order valence-corrected chi connectivity index (χ0v) is 12.6. The van der Waals surface area contributed by atoms with Crippen LogP contribution in [-0.4, -0.2) is 49.3 Å². The zero-order chi connectivity index (χ0) is 13.2. The summed E-state index contributed by atoms with van der Waals surface area (Å²) in [5.74, 6) is 1.79. The minimum Gasteiger partial charge on any atom is -0.374 e. The van der Waals surface area contributed by atoms with E-state index in [1.807, 2.05) is 0 Å². The monoisotopic (exact) mass is 266 g/mol. The second-order valence-corrected chi connectivity index (χ2v) is 7.12. The van der Waals surface area contributed by atoms with Crippen LogP contribution in [0.1, 0.15) is 46.0 Å². The molecule has 1 aliphatic carbocycles. The van der Waals surface area contributed by atoms with Crippen molar-refractivity contribution < 1.29 is 4.74 Å². The normalized spacial score (nSPS) is 44.2. The summed E-state index contributed by atoms with van der Waals surface area (Å²) in [4.78, 5) is 2.64. The Hall–Kier alpha value is -0.120. The molecule has 3 aliphatic rings. The summed E-state index contributed by atoms with van der Waals surface area (Å²) in [7, 11) is 0. The fraction of sp³-hybridized carbons (Fsp3) is 1.00. The van der Waals surface area contributed by atoms with Crippen molar-refractivity contribution in [2.24, 2.45) is 11.8 Å². The van der Waals surface area contributed by atoms with Gasteiger partial charge in [-0.15, -0.1) is 0 Å². The smallest absolute Gasteiger partial charge is 0.0827 e. The van der Waals surface area contributed by atoms with Gasteiger partial charge in [-0.25, -0.2) is 0 Å². The van der Waals surface area contributed by atoms with Gasteiger partial charge in [0.05, 0.1) is 12.7 Å². The maximum Gasteiger partial charge on any atom is 0.0827 e. The van der Waals surface area contributed by atoms with Crippen molar-refractivity contribution in [3.8, 4) is 0 Å². The topological polar surface area (TPSA) is 24.5 Å². The van der Waals surface area contributed by atoms with Gasteiger partial charge in [0, 0.05) is 25.2 Å². The first-order chi connectivity index (χ1) is 9.22. The third kappa shape index (κ3) is 3.32. The van der Waals surface area contributed by atoms with Crippen LogP contribution in [0.15, 0.2) is 0 Å². The Labute approximate surface area is 118 Å². The first kappa shape index (κ1) is 13.8. The van der Waals surface area contributed by atoms with Crippen molar-refractivity contribution in [1.82, 2.24) is 10.2 Å². The molecule has 2 saturated heterocycles. The molecule has 0 radical (unpaired) electrons. The number of morpholine rings is 1. The fourth-order valence-electron chi connectivity index (χ4n) is 4.04. The molecule has 2 aliphatic heterocycles. The molecule has 0 aromatic rings. The highest BCUT2D eigenvalue weighted by Gasteiger charge is 2.32. The number of ether oxygens (including phenoxy) is 1. The second kappa shape index (κ2) is 6.11. The third-order valence-corrected chi connectivity index (χ3v) is 5.69. The van der Waals surface area contributed by atoms with Gasteiger partial charge in [0.1, 0.15) is 0 Å². The average molecular weight is 266 g/mol. The van der Waals surface area contributed by atoms with E-state index in [0.29, 0.717) is 6.10 Å². The molecule has 0 spiro atoms. The van der Waals surface area contributed by atoms with Gasteiger partial charge >= 0.3 is 0 Å². The molecular formula is C16H30N2O. The largest absolute Gasteiger partial charge is 0.374 e. The van der Waals surface area contributed by atoms with Crippen molar-refractivity contribution in [2.75, 3.05) is 26.2 Å². The summed E-state index contributed by atoms with van der Waals surface area (Å²) >= 11 is 0. The number of hydrogen-bond acceptors (Lipinski definition) is 3. The summed E-state index contributed by atoms with van der Waals surface area (Å²) in [5, 5.41) is 3.77. The van der Waals surface area contributed by atoms with E-state index < -0.39 is 0 Å². The summed E-state index contributed by atoms with van der Waals surface area (Å²) in [6, 6.07) is 1.46. The maximum atomic E-state index is 6.03. The zero-order valence-electron chi connectivity index (χ0n) is 12.6. The predicted molar refractivity (Wildman–Crippen MR) is 78.3 cm³/mol. The van der Waals surface area contributed by atoms with E-state index in [9.17, 15) is 0 Å². The molecule has 19 heavy (non-hydrogen) atoms. The predicted octanol–water partition coefficient (Wildman–Crippen LogP) is 2.26. The minimum atomic E-state index is 0.420. The van der Waals surface area contributed by atoms with Crippen LogP contribution in [0.3, 0.4) is 0 Å². The van der Waals surface area contributed by atoms with Crippen molar-refractivity contribution >= 4 is 0 Å². The molecule has 0 amide bonds. The van der Waals surface area contributed by atoms with E-state index in [-0.39, 0.29) is 0 Å². The van der Waals surface area contributed by atoms with Crippen molar-refractivity contribution in [3.05, 3.63) is 0 Å². The number of nitrogens with one attached hydrogen (secondary N) is 1. The maximum absolute atomic E-state index is 6.03. The Morgan fingerprint density at radius 3 is 2.89 bits per heavy atom. The number of fused-ring (bicyclic) bond motifs is 1. The molecule has 2 heterocycles. The molecule has 0 bridgehead atoms. The summed E-state index contributed by atoms with van der Waals surface area (Å²) in [6.07, 6.45) is 7.22. The molecule has 1 saturated carbocycles. The van der Waals surface area contributed by atoms with Gasteiger partial charge in [0.2, 0.25) is 0 Å². The van der Waals surface area contributed by atoms with Crippen molar-refractivity contribution in [1.29, 1.82) is 0 Å². The first-order valence-corrected chi connectivity index (χ1v) is 8.31. The Balaban J connectivity index is 1.40.